The molecule has 0 saturated carbocycles. The normalized spacial score (nSPS) is 13.7. The fourth-order valence-corrected chi connectivity index (χ4v) is 1.58. The summed E-state index contributed by atoms with van der Waals surface area (Å²) in [4.78, 5) is 13.5. The van der Waals surface area contributed by atoms with E-state index in [4.69, 9.17) is 5.73 Å². The van der Waals surface area contributed by atoms with Gasteiger partial charge in [-0.15, -0.1) is 0 Å². The summed E-state index contributed by atoms with van der Waals surface area (Å²) in [7, 11) is 0. The van der Waals surface area contributed by atoms with E-state index in [0.29, 0.717) is 18.6 Å². The third kappa shape index (κ3) is 5.74. The monoisotopic (exact) mass is 215 g/mol. The SMILES string of the molecule is CC(C)N(CCNC(=O)[C@H](C)N)C(C)C. The molecule has 0 radical (unpaired) electrons. The van der Waals surface area contributed by atoms with Gasteiger partial charge in [-0.05, 0) is 34.6 Å². The van der Waals surface area contributed by atoms with Crippen molar-refractivity contribution in [3.63, 3.8) is 0 Å². The van der Waals surface area contributed by atoms with E-state index in [0.717, 1.165) is 6.54 Å². The molecule has 0 heterocycles. The first-order chi connectivity index (χ1) is 6.86. The number of rotatable bonds is 6. The van der Waals surface area contributed by atoms with Crippen LogP contribution in [0.2, 0.25) is 0 Å². The Kier molecular flexibility index (Phi) is 6.52. The van der Waals surface area contributed by atoms with Gasteiger partial charge in [-0.2, -0.15) is 0 Å². The van der Waals surface area contributed by atoms with Crippen LogP contribution in [0, 0.1) is 0 Å². The Morgan fingerprint density at radius 1 is 1.20 bits per heavy atom. The van der Waals surface area contributed by atoms with Crippen molar-refractivity contribution in [2.45, 2.75) is 52.7 Å². The summed E-state index contributed by atoms with van der Waals surface area (Å²) in [6.45, 7) is 11.9. The van der Waals surface area contributed by atoms with E-state index in [9.17, 15) is 4.79 Å². The van der Waals surface area contributed by atoms with Crippen LogP contribution in [0.25, 0.3) is 0 Å². The molecule has 0 saturated heterocycles. The van der Waals surface area contributed by atoms with Gasteiger partial charge in [0.25, 0.3) is 0 Å². The summed E-state index contributed by atoms with van der Waals surface area (Å²) in [5, 5.41) is 2.82. The summed E-state index contributed by atoms with van der Waals surface area (Å²) in [5.41, 5.74) is 5.45. The number of hydrogen-bond donors (Lipinski definition) is 2. The van der Waals surface area contributed by atoms with Crippen molar-refractivity contribution in [1.29, 1.82) is 0 Å². The predicted molar refractivity (Wildman–Crippen MR) is 63.6 cm³/mol. The average molecular weight is 215 g/mol. The molecule has 0 aromatic rings. The van der Waals surface area contributed by atoms with Gasteiger partial charge in [0.05, 0.1) is 6.04 Å². The number of amides is 1. The highest BCUT2D eigenvalue weighted by Gasteiger charge is 2.13. The maximum Gasteiger partial charge on any atom is 0.236 e. The summed E-state index contributed by atoms with van der Waals surface area (Å²) >= 11 is 0. The van der Waals surface area contributed by atoms with E-state index in [2.05, 4.69) is 37.9 Å². The molecule has 0 unspecified atom stereocenters. The van der Waals surface area contributed by atoms with Crippen LogP contribution in [-0.4, -0.2) is 42.0 Å². The van der Waals surface area contributed by atoms with Crippen LogP contribution in [0.1, 0.15) is 34.6 Å². The third-order valence-corrected chi connectivity index (χ3v) is 2.41. The van der Waals surface area contributed by atoms with Gasteiger partial charge in [-0.25, -0.2) is 0 Å². The molecule has 0 aromatic carbocycles. The summed E-state index contributed by atoms with van der Waals surface area (Å²) in [6.07, 6.45) is 0. The van der Waals surface area contributed by atoms with Crippen molar-refractivity contribution in [2.24, 2.45) is 5.73 Å². The molecule has 0 aliphatic carbocycles. The van der Waals surface area contributed by atoms with Gasteiger partial charge >= 0.3 is 0 Å². The Bertz CT molecular complexity index is 182. The quantitative estimate of drug-likeness (QED) is 0.681. The summed E-state index contributed by atoms with van der Waals surface area (Å²) < 4.78 is 0. The topological polar surface area (TPSA) is 58.4 Å². The second-order valence-corrected chi connectivity index (χ2v) is 4.51. The Labute approximate surface area is 93.2 Å². The zero-order valence-corrected chi connectivity index (χ0v) is 10.6. The minimum absolute atomic E-state index is 0.0811. The first-order valence-electron chi connectivity index (χ1n) is 5.65. The molecule has 0 fully saturated rings. The van der Waals surface area contributed by atoms with Crippen LogP contribution in [0.3, 0.4) is 0 Å². The standard InChI is InChI=1S/C11H25N3O/c1-8(2)14(9(3)4)7-6-13-11(15)10(5)12/h8-10H,6-7,12H2,1-5H3,(H,13,15)/t10-/m0/s1. The van der Waals surface area contributed by atoms with E-state index < -0.39 is 6.04 Å². The van der Waals surface area contributed by atoms with E-state index >= 15 is 0 Å². The lowest BCUT2D eigenvalue weighted by molar-refractivity contribution is -0.122. The Hall–Kier alpha value is -0.610. The van der Waals surface area contributed by atoms with Gasteiger partial charge in [0.2, 0.25) is 5.91 Å². The van der Waals surface area contributed by atoms with E-state index in [1.165, 1.54) is 0 Å². The molecule has 15 heavy (non-hydrogen) atoms. The first kappa shape index (κ1) is 14.4. The maximum absolute atomic E-state index is 11.2. The number of nitrogens with two attached hydrogens (primary N) is 1. The second kappa shape index (κ2) is 6.80. The molecule has 0 aliphatic rings. The molecule has 0 rings (SSSR count). The van der Waals surface area contributed by atoms with Crippen LogP contribution in [0.15, 0.2) is 0 Å². The minimum atomic E-state index is -0.420. The van der Waals surface area contributed by atoms with Gasteiger partial charge in [0.1, 0.15) is 0 Å². The fraction of sp³-hybridized carbons (Fsp3) is 0.909. The second-order valence-electron chi connectivity index (χ2n) is 4.51. The minimum Gasteiger partial charge on any atom is -0.353 e. The molecule has 4 nitrogen and oxygen atoms in total. The van der Waals surface area contributed by atoms with Gasteiger partial charge in [-0.3, -0.25) is 9.69 Å². The average Bonchev–Trinajstić information content (AvgIpc) is 2.10. The zero-order chi connectivity index (χ0) is 12.0. The highest BCUT2D eigenvalue weighted by Crippen LogP contribution is 2.03. The van der Waals surface area contributed by atoms with Crippen LogP contribution in [0.4, 0.5) is 0 Å². The predicted octanol–water partition coefficient (Wildman–Crippen LogP) is 0.569. The van der Waals surface area contributed by atoms with Crippen molar-refractivity contribution in [3.05, 3.63) is 0 Å². The molecular weight excluding hydrogens is 190 g/mol. The van der Waals surface area contributed by atoms with Crippen molar-refractivity contribution in [2.75, 3.05) is 13.1 Å². The first-order valence-corrected chi connectivity index (χ1v) is 5.65. The number of hydrogen-bond acceptors (Lipinski definition) is 3. The van der Waals surface area contributed by atoms with Gasteiger partial charge in [-0.1, -0.05) is 0 Å². The van der Waals surface area contributed by atoms with Crippen LogP contribution >= 0.6 is 0 Å². The third-order valence-electron chi connectivity index (χ3n) is 2.41. The molecule has 4 heteroatoms. The Morgan fingerprint density at radius 2 is 1.67 bits per heavy atom. The van der Waals surface area contributed by atoms with E-state index in [1.54, 1.807) is 6.92 Å². The molecule has 1 amide bonds. The Balaban J connectivity index is 3.87. The smallest absolute Gasteiger partial charge is 0.236 e. The number of carbonyl (C=O) groups is 1. The van der Waals surface area contributed by atoms with Crippen LogP contribution in [0.5, 0.6) is 0 Å². The molecule has 0 aromatic heterocycles. The van der Waals surface area contributed by atoms with Gasteiger partial charge in [0, 0.05) is 25.2 Å². The molecule has 0 aliphatic heterocycles. The molecule has 0 spiro atoms. The highest BCUT2D eigenvalue weighted by atomic mass is 16.2. The summed E-state index contributed by atoms with van der Waals surface area (Å²) in [5.74, 6) is -0.0811. The zero-order valence-electron chi connectivity index (χ0n) is 10.6. The van der Waals surface area contributed by atoms with E-state index in [-0.39, 0.29) is 5.91 Å². The van der Waals surface area contributed by atoms with Crippen LogP contribution < -0.4 is 11.1 Å². The lowest BCUT2D eigenvalue weighted by Crippen LogP contribution is -2.45. The molecular formula is C11H25N3O. The van der Waals surface area contributed by atoms with Crippen LogP contribution in [-0.2, 0) is 4.79 Å². The summed E-state index contributed by atoms with van der Waals surface area (Å²) in [6, 6.07) is 0.575. The number of carbonyl (C=O) groups excluding carboxylic acids is 1. The number of nitrogens with zero attached hydrogens (tertiary/aromatic N) is 1. The number of nitrogens with one attached hydrogen (secondary N) is 1. The van der Waals surface area contributed by atoms with Crippen molar-refractivity contribution in [3.8, 4) is 0 Å². The van der Waals surface area contributed by atoms with Crippen molar-refractivity contribution >= 4 is 5.91 Å². The molecule has 0 bridgehead atoms. The molecule has 3 N–H and O–H groups in total. The van der Waals surface area contributed by atoms with Gasteiger partial charge in [0.15, 0.2) is 0 Å². The van der Waals surface area contributed by atoms with E-state index in [1.807, 2.05) is 0 Å². The van der Waals surface area contributed by atoms with Gasteiger partial charge < -0.3 is 11.1 Å². The molecule has 90 valence electrons. The largest absolute Gasteiger partial charge is 0.353 e. The Morgan fingerprint density at radius 3 is 2.00 bits per heavy atom. The van der Waals surface area contributed by atoms with Crippen molar-refractivity contribution in [1.82, 2.24) is 10.2 Å². The maximum atomic E-state index is 11.2. The highest BCUT2D eigenvalue weighted by molar-refractivity contribution is 5.80. The lowest BCUT2D eigenvalue weighted by atomic mass is 10.2. The lowest BCUT2D eigenvalue weighted by Gasteiger charge is -2.30. The fourth-order valence-electron chi connectivity index (χ4n) is 1.58. The van der Waals surface area contributed by atoms with Crippen molar-refractivity contribution < 1.29 is 4.79 Å². The molecule has 1 atom stereocenters.